The first-order valence-electron chi connectivity index (χ1n) is 10.2. The lowest BCUT2D eigenvalue weighted by Crippen LogP contribution is -2.22. The van der Waals surface area contributed by atoms with Crippen molar-refractivity contribution in [3.63, 3.8) is 0 Å². The highest BCUT2D eigenvalue weighted by molar-refractivity contribution is 7.90. The number of methoxy groups -OCH3 is 1. The van der Waals surface area contributed by atoms with Crippen molar-refractivity contribution in [3.8, 4) is 5.88 Å². The molecule has 0 aliphatic rings. The molecule has 0 aliphatic heterocycles. The van der Waals surface area contributed by atoms with Gasteiger partial charge >= 0.3 is 0 Å². The molecule has 31 heavy (non-hydrogen) atoms. The molecule has 0 spiro atoms. The Morgan fingerprint density at radius 2 is 1.84 bits per heavy atom. The maximum atomic E-state index is 12.6. The minimum Gasteiger partial charge on any atom is -0.480 e. The Labute approximate surface area is 182 Å². The number of pyridine rings is 1. The number of hydrogen-bond acceptors (Lipinski definition) is 11. The van der Waals surface area contributed by atoms with Gasteiger partial charge in [-0.2, -0.15) is 0 Å². The summed E-state index contributed by atoms with van der Waals surface area (Å²) in [5.41, 5.74) is 0.0474. The Balaban J connectivity index is 2.05. The smallest absolute Gasteiger partial charge is 0.273 e. The van der Waals surface area contributed by atoms with Gasteiger partial charge in [0.05, 0.1) is 12.8 Å². The molecule has 3 aromatic rings. The van der Waals surface area contributed by atoms with Gasteiger partial charge in [0.2, 0.25) is 5.88 Å². The third-order valence-electron chi connectivity index (χ3n) is 3.88. The average Bonchev–Trinajstić information content (AvgIpc) is 2.72. The fourth-order valence-corrected chi connectivity index (χ4v) is 3.23. The average molecular weight is 447 g/mol. The van der Waals surface area contributed by atoms with E-state index in [0.29, 0.717) is 5.69 Å². The topological polar surface area (TPSA) is 161 Å². The van der Waals surface area contributed by atoms with Crippen molar-refractivity contribution in [2.45, 2.75) is 11.8 Å². The molecule has 13 heteroatoms. The molecule has 1 amide bonds. The molecule has 0 aliphatic carbocycles. The molecule has 3 rings (SSSR count). The van der Waals surface area contributed by atoms with Crippen LogP contribution in [0, 0.1) is 6.92 Å². The first-order valence-corrected chi connectivity index (χ1v) is 10.5. The number of carbonyl (C=O) groups excluding carboxylic acids is 1. The van der Waals surface area contributed by atoms with Crippen LogP contribution in [-0.4, -0.2) is 60.0 Å². The minimum atomic E-state index is -3.69. The zero-order valence-electron chi connectivity index (χ0n) is 19.7. The van der Waals surface area contributed by atoms with Crippen LogP contribution in [0.3, 0.4) is 0 Å². The van der Waals surface area contributed by atoms with Gasteiger partial charge in [0.15, 0.2) is 27.2 Å². The highest BCUT2D eigenvalue weighted by Gasteiger charge is 2.20. The molecule has 0 unspecified atom stereocenters. The molecular weight excluding hydrogens is 424 g/mol. The molecule has 0 saturated heterocycles. The standard InChI is InChI=1S/C18H20N8O4S/c1-10-5-6-12(31(4,28)29)17(20-10)21-11-9-14(24-26-16(11)18(27)19-2)22-13-7-8-15(30-3)25-23-13/h5-9H,1-4H3,(H,19,27)(H2,20,21,22,23,24)/i2D3. The normalized spacial score (nSPS) is 12.8. The molecule has 0 radical (unpaired) electrons. The van der Waals surface area contributed by atoms with Gasteiger partial charge in [-0.1, -0.05) is 0 Å². The number of ether oxygens (including phenoxy) is 1. The van der Waals surface area contributed by atoms with E-state index in [1.54, 1.807) is 19.1 Å². The van der Waals surface area contributed by atoms with Crippen molar-refractivity contribution in [2.75, 3.05) is 31.0 Å². The number of nitrogens with one attached hydrogen (secondary N) is 3. The van der Waals surface area contributed by atoms with E-state index >= 15 is 0 Å². The number of nitrogens with zero attached hydrogens (tertiary/aromatic N) is 5. The molecule has 0 atom stereocenters. The third kappa shape index (κ3) is 5.19. The minimum absolute atomic E-state index is 0.0521. The number of anilines is 4. The first kappa shape index (κ1) is 17.9. The van der Waals surface area contributed by atoms with E-state index in [4.69, 9.17) is 8.85 Å². The van der Waals surface area contributed by atoms with Crippen molar-refractivity contribution in [1.29, 1.82) is 0 Å². The van der Waals surface area contributed by atoms with Gasteiger partial charge in [-0.3, -0.25) is 4.79 Å². The molecule has 3 N–H and O–H groups in total. The van der Waals surface area contributed by atoms with Crippen LogP contribution in [0.4, 0.5) is 23.1 Å². The van der Waals surface area contributed by atoms with Gasteiger partial charge in [-0.15, -0.1) is 20.4 Å². The summed E-state index contributed by atoms with van der Waals surface area (Å²) in [5.74, 6) is -0.477. The number of sulfone groups is 1. The lowest BCUT2D eigenvalue weighted by Gasteiger charge is -2.14. The Bertz CT molecular complexity index is 1320. The number of amides is 1. The largest absolute Gasteiger partial charge is 0.480 e. The SMILES string of the molecule is [2H]C([2H])([2H])NC(=O)c1nnc(Nc2ccc(OC)nn2)cc1Nc1nc(C)ccc1S(C)(=O)=O. The zero-order valence-corrected chi connectivity index (χ0v) is 17.5. The molecule has 0 aromatic carbocycles. The fourth-order valence-electron chi connectivity index (χ4n) is 2.46. The van der Waals surface area contributed by atoms with Crippen LogP contribution in [0.2, 0.25) is 0 Å². The quantitative estimate of drug-likeness (QED) is 0.477. The summed E-state index contributed by atoms with van der Waals surface area (Å²) in [6.07, 6.45) is 1.01. The fraction of sp³-hybridized carbons (Fsp3) is 0.222. The Kier molecular flexibility index (Phi) is 5.13. The molecule has 12 nitrogen and oxygen atoms in total. The van der Waals surface area contributed by atoms with Gasteiger partial charge < -0.3 is 20.7 Å². The number of carbonyl (C=O) groups is 1. The number of aryl methyl sites for hydroxylation is 1. The van der Waals surface area contributed by atoms with Crippen molar-refractivity contribution in [3.05, 3.63) is 41.7 Å². The first-order chi connectivity index (χ1) is 15.9. The van der Waals surface area contributed by atoms with Crippen LogP contribution in [0.1, 0.15) is 20.3 Å². The number of hydrogen-bond donors (Lipinski definition) is 3. The van der Waals surface area contributed by atoms with Crippen LogP contribution >= 0.6 is 0 Å². The van der Waals surface area contributed by atoms with Crippen LogP contribution in [-0.2, 0) is 9.84 Å². The number of aromatic nitrogens is 5. The second kappa shape index (κ2) is 8.87. The third-order valence-corrected chi connectivity index (χ3v) is 5.01. The van der Waals surface area contributed by atoms with Gasteiger partial charge in [0, 0.05) is 35.2 Å². The summed E-state index contributed by atoms with van der Waals surface area (Å²) in [6.45, 7) is -1.13. The summed E-state index contributed by atoms with van der Waals surface area (Å²) < 4.78 is 51.2. The van der Waals surface area contributed by atoms with Crippen LogP contribution in [0.5, 0.6) is 5.88 Å². The molecule has 3 heterocycles. The molecule has 0 bridgehead atoms. The van der Waals surface area contributed by atoms with Crippen molar-refractivity contribution >= 4 is 38.9 Å². The van der Waals surface area contributed by atoms with Gasteiger partial charge in [0.1, 0.15) is 10.7 Å². The van der Waals surface area contributed by atoms with Gasteiger partial charge in [0.25, 0.3) is 5.91 Å². The molecule has 0 fully saturated rings. The van der Waals surface area contributed by atoms with Crippen molar-refractivity contribution < 1.29 is 22.1 Å². The summed E-state index contributed by atoms with van der Waals surface area (Å²) in [7, 11) is -2.26. The molecular formula is C18H20N8O4S. The Morgan fingerprint density at radius 3 is 2.48 bits per heavy atom. The highest BCUT2D eigenvalue weighted by atomic mass is 32.2. The van der Waals surface area contributed by atoms with E-state index in [1.807, 2.05) is 5.32 Å². The molecule has 0 saturated carbocycles. The maximum Gasteiger partial charge on any atom is 0.273 e. The zero-order chi connectivity index (χ0) is 25.1. The highest BCUT2D eigenvalue weighted by Crippen LogP contribution is 2.27. The summed E-state index contributed by atoms with van der Waals surface area (Å²) >= 11 is 0. The van der Waals surface area contributed by atoms with Crippen molar-refractivity contribution in [1.82, 2.24) is 30.7 Å². The summed E-state index contributed by atoms with van der Waals surface area (Å²) in [5, 5.41) is 22.8. The van der Waals surface area contributed by atoms with Gasteiger partial charge in [-0.25, -0.2) is 13.4 Å². The van der Waals surface area contributed by atoms with Crippen LogP contribution in [0.15, 0.2) is 35.2 Å². The predicted octanol–water partition coefficient (Wildman–Crippen LogP) is 1.23. The van der Waals surface area contributed by atoms with Crippen LogP contribution < -0.4 is 20.7 Å². The van der Waals surface area contributed by atoms with Crippen LogP contribution in [0.25, 0.3) is 0 Å². The Hall–Kier alpha value is -3.87. The van der Waals surface area contributed by atoms with E-state index < -0.39 is 28.4 Å². The van der Waals surface area contributed by atoms with Gasteiger partial charge in [-0.05, 0) is 25.1 Å². The number of rotatable bonds is 7. The second-order valence-corrected chi connectivity index (χ2v) is 8.21. The summed E-state index contributed by atoms with van der Waals surface area (Å²) in [4.78, 5) is 16.6. The molecule has 3 aromatic heterocycles. The van der Waals surface area contributed by atoms with E-state index in [1.165, 1.54) is 25.3 Å². The molecule has 162 valence electrons. The lowest BCUT2D eigenvalue weighted by molar-refractivity contribution is 0.0958. The Morgan fingerprint density at radius 1 is 1.06 bits per heavy atom. The summed E-state index contributed by atoms with van der Waals surface area (Å²) in [6, 6.07) is 7.31. The second-order valence-electron chi connectivity index (χ2n) is 6.23. The van der Waals surface area contributed by atoms with E-state index in [-0.39, 0.29) is 33.9 Å². The predicted molar refractivity (Wildman–Crippen MR) is 113 cm³/mol. The van der Waals surface area contributed by atoms with E-state index in [2.05, 4.69) is 36.0 Å². The maximum absolute atomic E-state index is 12.6. The van der Waals surface area contributed by atoms with Crippen molar-refractivity contribution in [2.24, 2.45) is 0 Å². The van der Waals surface area contributed by atoms with E-state index in [0.717, 1.165) is 6.26 Å². The lowest BCUT2D eigenvalue weighted by atomic mass is 10.2. The van der Waals surface area contributed by atoms with E-state index in [9.17, 15) is 13.2 Å². The monoisotopic (exact) mass is 447 g/mol.